The molecule has 2 N–H and O–H groups in total. The zero-order chi connectivity index (χ0) is 27.2. The average Bonchev–Trinajstić information content (AvgIpc) is 3.30. The largest absolute Gasteiger partial charge is 0.507 e. The van der Waals surface area contributed by atoms with Crippen LogP contribution in [0.5, 0.6) is 5.75 Å². The van der Waals surface area contributed by atoms with Crippen LogP contribution in [0.3, 0.4) is 0 Å². The van der Waals surface area contributed by atoms with Gasteiger partial charge in [0.15, 0.2) is 28.7 Å². The van der Waals surface area contributed by atoms with E-state index >= 15 is 0 Å². The Bertz CT molecular complexity index is 1260. The molecule has 8 heteroatoms. The number of fused-ring (bicyclic) bond motifs is 3. The van der Waals surface area contributed by atoms with Crippen molar-refractivity contribution in [1.29, 1.82) is 0 Å². The van der Waals surface area contributed by atoms with Gasteiger partial charge in [-0.15, -0.1) is 0 Å². The van der Waals surface area contributed by atoms with Crippen LogP contribution in [0.15, 0.2) is 12.1 Å². The normalized spacial score (nSPS) is 39.4. The molecule has 7 atom stereocenters. The highest BCUT2D eigenvalue weighted by molar-refractivity contribution is 6.32. The van der Waals surface area contributed by atoms with Crippen LogP contribution in [0.4, 0.5) is 0 Å². The standard InChI is InChI=1S/C29H34O8/c1-13(2)21-23(32)19(14(3)30)25(34)29(36)26(35)22-24(33)20-17(10-27(22,4)12-28(21,29)5)16(6-7-18(20)31)15-8-9-37-11-15/h6-7,13,15,19,21-22,31,36H,8-12H2,1-5H3/t15?,19?,21?,22?,27-,28-,29+/m1/s1. The third-order valence-corrected chi connectivity index (χ3v) is 9.67. The van der Waals surface area contributed by atoms with Crippen molar-refractivity contribution in [2.75, 3.05) is 13.2 Å². The van der Waals surface area contributed by atoms with Crippen LogP contribution in [0.2, 0.25) is 0 Å². The minimum atomic E-state index is -2.67. The minimum Gasteiger partial charge on any atom is -0.507 e. The lowest BCUT2D eigenvalue weighted by molar-refractivity contribution is -0.205. The van der Waals surface area contributed by atoms with E-state index in [2.05, 4.69) is 0 Å². The SMILES string of the molecule is CC(=O)C1C(=O)C(C(C)C)[C@@]2(C)C[C@@]3(C)Cc4c(C5CCOC5)ccc(O)c4C(=O)C3C(=O)[C@@]2(O)C1=O. The molecule has 0 spiro atoms. The summed E-state index contributed by atoms with van der Waals surface area (Å²) >= 11 is 0. The summed E-state index contributed by atoms with van der Waals surface area (Å²) in [5, 5.41) is 22.8. The molecule has 198 valence electrons. The number of carbonyl (C=O) groups excluding carboxylic acids is 5. The van der Waals surface area contributed by atoms with E-state index in [-0.39, 0.29) is 36.0 Å². The molecule has 5 rings (SSSR count). The second kappa shape index (κ2) is 8.14. The number of ketones is 5. The number of hydrogen-bond donors (Lipinski definition) is 2. The second-order valence-electron chi connectivity index (χ2n) is 12.4. The molecule has 4 unspecified atom stereocenters. The van der Waals surface area contributed by atoms with E-state index in [1.807, 2.05) is 0 Å². The fraction of sp³-hybridized carbons (Fsp3) is 0.621. The lowest BCUT2D eigenvalue weighted by Crippen LogP contribution is -2.76. The Morgan fingerprint density at radius 3 is 2.35 bits per heavy atom. The number of benzene rings is 1. The van der Waals surface area contributed by atoms with Gasteiger partial charge in [0.05, 0.1) is 18.1 Å². The van der Waals surface area contributed by atoms with Crippen molar-refractivity contribution in [3.8, 4) is 5.75 Å². The molecule has 3 fully saturated rings. The molecular weight excluding hydrogens is 476 g/mol. The minimum absolute atomic E-state index is 0.0479. The van der Waals surface area contributed by atoms with E-state index in [0.29, 0.717) is 18.8 Å². The first-order valence-electron chi connectivity index (χ1n) is 13.0. The topological polar surface area (TPSA) is 135 Å². The Morgan fingerprint density at radius 1 is 1.11 bits per heavy atom. The predicted molar refractivity (Wildman–Crippen MR) is 131 cm³/mol. The van der Waals surface area contributed by atoms with Crippen LogP contribution >= 0.6 is 0 Å². The lowest BCUT2D eigenvalue weighted by atomic mass is 9.39. The highest BCUT2D eigenvalue weighted by Gasteiger charge is 2.76. The number of aromatic hydroxyl groups is 1. The third-order valence-electron chi connectivity index (χ3n) is 9.67. The summed E-state index contributed by atoms with van der Waals surface area (Å²) in [6, 6.07) is 3.25. The van der Waals surface area contributed by atoms with Crippen LogP contribution in [0.1, 0.15) is 74.9 Å². The molecule has 1 aromatic rings. The van der Waals surface area contributed by atoms with Crippen LogP contribution in [-0.2, 0) is 30.3 Å². The van der Waals surface area contributed by atoms with E-state index in [0.717, 1.165) is 18.9 Å². The molecule has 0 aromatic heterocycles. The lowest BCUT2D eigenvalue weighted by Gasteiger charge is -2.62. The zero-order valence-corrected chi connectivity index (χ0v) is 21.9. The molecular formula is C29H34O8. The van der Waals surface area contributed by atoms with Crippen LogP contribution in [0, 0.1) is 34.5 Å². The quantitative estimate of drug-likeness (QED) is 0.593. The fourth-order valence-electron chi connectivity index (χ4n) is 8.32. The van der Waals surface area contributed by atoms with Crippen molar-refractivity contribution in [2.24, 2.45) is 34.5 Å². The Labute approximate surface area is 215 Å². The monoisotopic (exact) mass is 510 g/mol. The van der Waals surface area contributed by atoms with E-state index < -0.39 is 63.1 Å². The van der Waals surface area contributed by atoms with Gasteiger partial charge in [-0.3, -0.25) is 24.0 Å². The Morgan fingerprint density at radius 2 is 1.78 bits per heavy atom. The first-order chi connectivity index (χ1) is 17.2. The fourth-order valence-corrected chi connectivity index (χ4v) is 8.32. The van der Waals surface area contributed by atoms with Gasteiger partial charge in [-0.2, -0.15) is 0 Å². The zero-order valence-electron chi connectivity index (χ0n) is 21.9. The summed E-state index contributed by atoms with van der Waals surface area (Å²) in [5.74, 6) is -8.66. The summed E-state index contributed by atoms with van der Waals surface area (Å²) < 4.78 is 5.56. The van der Waals surface area contributed by atoms with Gasteiger partial charge in [-0.05, 0) is 54.7 Å². The Kier molecular flexibility index (Phi) is 5.70. The van der Waals surface area contributed by atoms with Crippen molar-refractivity contribution in [3.63, 3.8) is 0 Å². The van der Waals surface area contributed by atoms with Gasteiger partial charge in [0.1, 0.15) is 17.5 Å². The highest BCUT2D eigenvalue weighted by Crippen LogP contribution is 2.64. The Hall–Kier alpha value is -2.71. The molecule has 0 radical (unpaired) electrons. The van der Waals surface area contributed by atoms with Crippen molar-refractivity contribution >= 4 is 28.9 Å². The predicted octanol–water partition coefficient (Wildman–Crippen LogP) is 2.60. The van der Waals surface area contributed by atoms with Gasteiger partial charge in [0.2, 0.25) is 0 Å². The molecule has 0 bridgehead atoms. The number of Topliss-reactive ketones (excluding diaryl/α,β-unsaturated/α-hetero) is 5. The number of phenolic OH excluding ortho intramolecular Hbond substituents is 1. The smallest absolute Gasteiger partial charge is 0.190 e. The summed E-state index contributed by atoms with van der Waals surface area (Å²) in [6.45, 7) is 9.12. The number of rotatable bonds is 3. The molecule has 1 aliphatic heterocycles. The second-order valence-corrected chi connectivity index (χ2v) is 12.4. The van der Waals surface area contributed by atoms with Crippen LogP contribution < -0.4 is 0 Å². The van der Waals surface area contributed by atoms with Gasteiger partial charge in [0.25, 0.3) is 0 Å². The van der Waals surface area contributed by atoms with E-state index in [9.17, 15) is 34.2 Å². The van der Waals surface area contributed by atoms with Gasteiger partial charge in [0, 0.05) is 23.9 Å². The summed E-state index contributed by atoms with van der Waals surface area (Å²) in [6.07, 6.45) is 1.09. The van der Waals surface area contributed by atoms with Crippen molar-refractivity contribution in [2.45, 2.75) is 65.4 Å². The van der Waals surface area contributed by atoms with Gasteiger partial charge in [-0.1, -0.05) is 33.8 Å². The van der Waals surface area contributed by atoms with Gasteiger partial charge < -0.3 is 14.9 Å². The number of carbonyl (C=O) groups is 5. The molecule has 1 saturated heterocycles. The maximum Gasteiger partial charge on any atom is 0.190 e. The van der Waals surface area contributed by atoms with Crippen LogP contribution in [-0.4, -0.2) is 57.9 Å². The first-order valence-corrected chi connectivity index (χ1v) is 13.0. The van der Waals surface area contributed by atoms with Gasteiger partial charge in [-0.25, -0.2) is 0 Å². The number of phenols is 1. The summed E-state index contributed by atoms with van der Waals surface area (Å²) in [7, 11) is 0. The molecule has 1 heterocycles. The summed E-state index contributed by atoms with van der Waals surface area (Å²) in [4.78, 5) is 67.9. The van der Waals surface area contributed by atoms with Crippen molar-refractivity contribution in [3.05, 3.63) is 28.8 Å². The molecule has 0 amide bonds. The maximum absolute atomic E-state index is 14.2. The van der Waals surface area contributed by atoms with E-state index in [4.69, 9.17) is 4.74 Å². The molecule has 8 nitrogen and oxygen atoms in total. The first kappa shape index (κ1) is 25.9. The van der Waals surface area contributed by atoms with E-state index in [1.54, 1.807) is 33.8 Å². The molecule has 3 aliphatic carbocycles. The number of aliphatic hydroxyl groups is 1. The van der Waals surface area contributed by atoms with Crippen LogP contribution in [0.25, 0.3) is 0 Å². The molecule has 1 aromatic carbocycles. The summed E-state index contributed by atoms with van der Waals surface area (Å²) in [5.41, 5.74) is -3.58. The average molecular weight is 511 g/mol. The molecule has 2 saturated carbocycles. The van der Waals surface area contributed by atoms with Crippen molar-refractivity contribution < 1.29 is 38.9 Å². The van der Waals surface area contributed by atoms with Gasteiger partial charge >= 0.3 is 0 Å². The van der Waals surface area contributed by atoms with Crippen molar-refractivity contribution in [1.82, 2.24) is 0 Å². The maximum atomic E-state index is 14.2. The molecule has 37 heavy (non-hydrogen) atoms. The molecule has 4 aliphatic rings. The highest BCUT2D eigenvalue weighted by atomic mass is 16.5. The number of hydrogen-bond acceptors (Lipinski definition) is 8. The van der Waals surface area contributed by atoms with E-state index in [1.165, 1.54) is 6.07 Å². The third kappa shape index (κ3) is 3.18. The number of ether oxygens (including phenoxy) is 1. The Balaban J connectivity index is 1.72.